The molecule has 0 aliphatic rings. The van der Waals surface area contributed by atoms with Crippen LogP contribution in [0.5, 0.6) is 5.75 Å². The largest absolute Gasteiger partial charge is 0.489 e. The maximum Gasteiger partial charge on any atom is 0.360 e. The number of esters is 1. The highest BCUT2D eigenvalue weighted by Gasteiger charge is 2.21. The molecular formula is C19H21NO4. The minimum atomic E-state index is -0.553. The Kier molecular flexibility index (Phi) is 5.95. The van der Waals surface area contributed by atoms with Crippen molar-refractivity contribution in [3.8, 4) is 5.75 Å². The topological polar surface area (TPSA) is 57.1 Å². The first kappa shape index (κ1) is 17.5. The fourth-order valence-electron chi connectivity index (χ4n) is 2.43. The first-order valence-corrected chi connectivity index (χ1v) is 7.55. The molecule has 2 rings (SSSR count). The first-order valence-electron chi connectivity index (χ1n) is 7.55. The van der Waals surface area contributed by atoms with Crippen molar-refractivity contribution >= 4 is 11.7 Å². The summed E-state index contributed by atoms with van der Waals surface area (Å²) in [5.41, 5.74) is 3.56. The molecule has 5 heteroatoms. The smallest absolute Gasteiger partial charge is 0.360 e. The van der Waals surface area contributed by atoms with E-state index in [0.29, 0.717) is 12.2 Å². The van der Waals surface area contributed by atoms with Crippen LogP contribution in [0, 0.1) is 13.8 Å². The predicted molar refractivity (Wildman–Crippen MR) is 92.3 cm³/mol. The van der Waals surface area contributed by atoms with Gasteiger partial charge >= 0.3 is 5.97 Å². The van der Waals surface area contributed by atoms with Crippen LogP contribution < -0.4 is 4.74 Å². The molecule has 0 N–H and O–H groups in total. The SMILES string of the molecule is CO/N=C(\C(=O)OC)c1c(C)cccc1COc1ccccc1C. The molecule has 0 atom stereocenters. The Hall–Kier alpha value is -2.82. The minimum Gasteiger partial charge on any atom is -0.489 e. The molecule has 0 radical (unpaired) electrons. The molecule has 2 aromatic rings. The number of carbonyl (C=O) groups is 1. The van der Waals surface area contributed by atoms with Gasteiger partial charge in [0.2, 0.25) is 0 Å². The van der Waals surface area contributed by atoms with Crippen LogP contribution in [0.25, 0.3) is 0 Å². The van der Waals surface area contributed by atoms with E-state index in [2.05, 4.69) is 5.16 Å². The molecule has 0 spiro atoms. The number of para-hydroxylation sites is 1. The maximum absolute atomic E-state index is 12.1. The second-order valence-electron chi connectivity index (χ2n) is 5.28. The summed E-state index contributed by atoms with van der Waals surface area (Å²) in [4.78, 5) is 16.9. The quantitative estimate of drug-likeness (QED) is 0.463. The molecule has 0 saturated heterocycles. The Morgan fingerprint density at radius 1 is 1.00 bits per heavy atom. The molecule has 0 amide bonds. The minimum absolute atomic E-state index is 0.126. The summed E-state index contributed by atoms with van der Waals surface area (Å²) in [6.07, 6.45) is 0. The van der Waals surface area contributed by atoms with Gasteiger partial charge in [-0.15, -0.1) is 0 Å². The van der Waals surface area contributed by atoms with Crippen LogP contribution in [0.2, 0.25) is 0 Å². The first-order chi connectivity index (χ1) is 11.6. The van der Waals surface area contributed by atoms with Crippen molar-refractivity contribution in [1.29, 1.82) is 0 Å². The van der Waals surface area contributed by atoms with E-state index in [4.69, 9.17) is 14.3 Å². The van der Waals surface area contributed by atoms with E-state index >= 15 is 0 Å². The van der Waals surface area contributed by atoms with Gasteiger partial charge in [-0.25, -0.2) is 4.79 Å². The number of hydrogen-bond acceptors (Lipinski definition) is 5. The molecule has 24 heavy (non-hydrogen) atoms. The zero-order chi connectivity index (χ0) is 17.5. The van der Waals surface area contributed by atoms with Gasteiger partial charge in [-0.05, 0) is 36.6 Å². The van der Waals surface area contributed by atoms with Crippen LogP contribution in [0.3, 0.4) is 0 Å². The van der Waals surface area contributed by atoms with Gasteiger partial charge in [-0.3, -0.25) is 0 Å². The van der Waals surface area contributed by atoms with Gasteiger partial charge in [0.05, 0.1) is 7.11 Å². The summed E-state index contributed by atoms with van der Waals surface area (Å²) in [5, 5.41) is 3.85. The number of carbonyl (C=O) groups excluding carboxylic acids is 1. The summed E-state index contributed by atoms with van der Waals surface area (Å²) in [6, 6.07) is 13.5. The second-order valence-corrected chi connectivity index (χ2v) is 5.28. The van der Waals surface area contributed by atoms with Crippen LogP contribution in [0.4, 0.5) is 0 Å². The van der Waals surface area contributed by atoms with Gasteiger partial charge in [0.1, 0.15) is 19.5 Å². The van der Waals surface area contributed by atoms with Crippen LogP contribution in [-0.4, -0.2) is 25.9 Å². The lowest BCUT2D eigenvalue weighted by atomic mass is 9.98. The fourth-order valence-corrected chi connectivity index (χ4v) is 2.43. The molecule has 0 fully saturated rings. The summed E-state index contributed by atoms with van der Waals surface area (Å²) < 4.78 is 10.7. The zero-order valence-corrected chi connectivity index (χ0v) is 14.3. The van der Waals surface area contributed by atoms with Gasteiger partial charge in [-0.1, -0.05) is 41.6 Å². The van der Waals surface area contributed by atoms with Crippen molar-refractivity contribution in [2.24, 2.45) is 5.16 Å². The third-order valence-electron chi connectivity index (χ3n) is 3.63. The zero-order valence-electron chi connectivity index (χ0n) is 14.3. The molecule has 0 aromatic heterocycles. The molecular weight excluding hydrogens is 306 g/mol. The Balaban J connectivity index is 2.37. The van der Waals surface area contributed by atoms with Crippen molar-refractivity contribution in [2.75, 3.05) is 14.2 Å². The Morgan fingerprint density at radius 3 is 2.38 bits per heavy atom. The number of ether oxygens (including phenoxy) is 2. The van der Waals surface area contributed by atoms with Gasteiger partial charge < -0.3 is 14.3 Å². The van der Waals surface area contributed by atoms with E-state index in [0.717, 1.165) is 22.4 Å². The lowest BCUT2D eigenvalue weighted by Crippen LogP contribution is -2.21. The molecule has 126 valence electrons. The van der Waals surface area contributed by atoms with Crippen molar-refractivity contribution in [3.63, 3.8) is 0 Å². The molecule has 2 aromatic carbocycles. The van der Waals surface area contributed by atoms with Crippen molar-refractivity contribution < 1.29 is 19.1 Å². The second kappa shape index (κ2) is 8.15. The highest BCUT2D eigenvalue weighted by molar-refractivity contribution is 6.43. The molecule has 0 saturated carbocycles. The van der Waals surface area contributed by atoms with E-state index in [1.54, 1.807) is 0 Å². The highest BCUT2D eigenvalue weighted by atomic mass is 16.6. The van der Waals surface area contributed by atoms with Gasteiger partial charge in [0.25, 0.3) is 0 Å². The number of hydrogen-bond donors (Lipinski definition) is 0. The van der Waals surface area contributed by atoms with Gasteiger partial charge in [-0.2, -0.15) is 0 Å². The third-order valence-corrected chi connectivity index (χ3v) is 3.63. The summed E-state index contributed by atoms with van der Waals surface area (Å²) >= 11 is 0. The Morgan fingerprint density at radius 2 is 1.71 bits per heavy atom. The molecule has 0 unspecified atom stereocenters. The predicted octanol–water partition coefficient (Wildman–Crippen LogP) is 3.41. The van der Waals surface area contributed by atoms with E-state index in [9.17, 15) is 4.79 Å². The third kappa shape index (κ3) is 3.93. The number of oxime groups is 1. The van der Waals surface area contributed by atoms with Gasteiger partial charge in [0.15, 0.2) is 5.71 Å². The average Bonchev–Trinajstić information content (AvgIpc) is 2.59. The number of aryl methyl sites for hydroxylation is 2. The monoisotopic (exact) mass is 327 g/mol. The Labute approximate surface area is 141 Å². The molecule has 5 nitrogen and oxygen atoms in total. The number of benzene rings is 2. The number of rotatable bonds is 6. The molecule has 0 aliphatic carbocycles. The lowest BCUT2D eigenvalue weighted by molar-refractivity contribution is -0.132. The fraction of sp³-hybridized carbons (Fsp3) is 0.263. The molecule has 0 bridgehead atoms. The standard InChI is InChI=1S/C19H21NO4/c1-13-8-5-6-11-16(13)24-12-15-10-7-9-14(2)17(15)18(20-23-4)19(21)22-3/h5-11H,12H2,1-4H3/b20-18-. The summed E-state index contributed by atoms with van der Waals surface area (Å²) in [5.74, 6) is 0.247. The van der Waals surface area contributed by atoms with Crippen molar-refractivity contribution in [2.45, 2.75) is 20.5 Å². The van der Waals surface area contributed by atoms with Crippen molar-refractivity contribution in [1.82, 2.24) is 0 Å². The van der Waals surface area contributed by atoms with E-state index in [1.807, 2.05) is 56.3 Å². The Bertz CT molecular complexity index is 753. The van der Waals surface area contributed by atoms with E-state index in [-0.39, 0.29) is 5.71 Å². The van der Waals surface area contributed by atoms with Crippen LogP contribution in [-0.2, 0) is 21.0 Å². The molecule has 0 heterocycles. The van der Waals surface area contributed by atoms with Gasteiger partial charge in [0, 0.05) is 5.56 Å². The van der Waals surface area contributed by atoms with Crippen LogP contribution >= 0.6 is 0 Å². The normalized spacial score (nSPS) is 11.1. The van der Waals surface area contributed by atoms with E-state index < -0.39 is 5.97 Å². The molecule has 0 aliphatic heterocycles. The summed E-state index contributed by atoms with van der Waals surface area (Å²) in [7, 11) is 2.71. The van der Waals surface area contributed by atoms with E-state index in [1.165, 1.54) is 14.2 Å². The lowest BCUT2D eigenvalue weighted by Gasteiger charge is -2.15. The highest BCUT2D eigenvalue weighted by Crippen LogP contribution is 2.21. The van der Waals surface area contributed by atoms with Crippen LogP contribution in [0.1, 0.15) is 22.3 Å². The van der Waals surface area contributed by atoms with Crippen molar-refractivity contribution in [3.05, 3.63) is 64.7 Å². The van der Waals surface area contributed by atoms with Crippen LogP contribution in [0.15, 0.2) is 47.6 Å². The number of methoxy groups -OCH3 is 1. The average molecular weight is 327 g/mol. The number of nitrogens with zero attached hydrogens (tertiary/aromatic N) is 1. The summed E-state index contributed by atoms with van der Waals surface area (Å²) in [6.45, 7) is 4.20. The maximum atomic E-state index is 12.1.